The predicted octanol–water partition coefficient (Wildman–Crippen LogP) is 0.194. The highest BCUT2D eigenvalue weighted by atomic mass is 15.6. The molecule has 2 heterocycles. The van der Waals surface area contributed by atoms with Gasteiger partial charge < -0.3 is 0 Å². The topological polar surface area (TPSA) is 6.25 Å². The average molecular weight is 137 g/mol. The number of hydrazine groups is 1. The minimum atomic E-state index is 0.742. The second-order valence-corrected chi connectivity index (χ2v) is 4.22. The van der Waals surface area contributed by atoms with Crippen LogP contribution in [0.2, 0.25) is 0 Å². The van der Waals surface area contributed by atoms with E-state index in [0.29, 0.717) is 0 Å². The normalized spacial score (nSPS) is 60.2. The predicted molar refractivity (Wildman–Crippen MR) is 38.9 cm³/mol. The fourth-order valence-electron chi connectivity index (χ4n) is 3.01. The Balaban J connectivity index is 1.91. The van der Waals surface area contributed by atoms with Crippen LogP contribution in [-0.2, 0) is 0 Å². The summed E-state index contributed by atoms with van der Waals surface area (Å²) in [6, 6.07) is 0.875. The first-order valence-electron chi connectivity index (χ1n) is 3.98. The van der Waals surface area contributed by atoms with E-state index in [1.165, 1.54) is 6.54 Å². The fourth-order valence-corrected chi connectivity index (χ4v) is 3.01. The maximum absolute atomic E-state index is 3.90. The van der Waals surface area contributed by atoms with Gasteiger partial charge in [0.2, 0.25) is 0 Å². The number of hydrogen-bond donors (Lipinski definition) is 0. The fraction of sp³-hybridized carbons (Fsp3) is 0.875. The molecule has 0 aromatic rings. The zero-order valence-corrected chi connectivity index (χ0v) is 6.54. The van der Waals surface area contributed by atoms with Crippen LogP contribution in [0.15, 0.2) is 0 Å². The molecule has 4 unspecified atom stereocenters. The highest BCUT2D eigenvalue weighted by molar-refractivity contribution is 5.38. The minimum Gasteiger partial charge on any atom is -0.183 e. The molecule has 2 nitrogen and oxygen atoms in total. The van der Waals surface area contributed by atoms with Gasteiger partial charge >= 0.3 is 0 Å². The zero-order chi connectivity index (χ0) is 7.09. The Morgan fingerprint density at radius 1 is 1.70 bits per heavy atom. The van der Waals surface area contributed by atoms with Gasteiger partial charge in [-0.3, -0.25) is 0 Å². The van der Waals surface area contributed by atoms with Crippen LogP contribution in [-0.4, -0.2) is 36.0 Å². The van der Waals surface area contributed by atoms with Gasteiger partial charge in [-0.2, -0.15) is 5.01 Å². The van der Waals surface area contributed by atoms with Gasteiger partial charge in [-0.05, 0) is 11.8 Å². The standard InChI is InChI=1S/C8H13N2/c1-8-5-4-10(9(2)3)7(8)6(5)8/h5-7H,2,4H2,1,3H3/q+1. The first-order valence-corrected chi connectivity index (χ1v) is 3.98. The van der Waals surface area contributed by atoms with E-state index in [0.717, 1.165) is 23.3 Å². The van der Waals surface area contributed by atoms with Gasteiger partial charge in [-0.1, -0.05) is 6.92 Å². The largest absolute Gasteiger partial charge is 0.183 e. The van der Waals surface area contributed by atoms with E-state index in [1.54, 1.807) is 0 Å². The van der Waals surface area contributed by atoms with Crippen molar-refractivity contribution in [1.29, 1.82) is 0 Å². The van der Waals surface area contributed by atoms with E-state index >= 15 is 0 Å². The third kappa shape index (κ3) is 0.279. The van der Waals surface area contributed by atoms with Crippen molar-refractivity contribution < 1.29 is 4.68 Å². The molecular formula is C8H13N2+. The summed E-state index contributed by atoms with van der Waals surface area (Å²) in [6.07, 6.45) is 0. The molecule has 4 fully saturated rings. The maximum atomic E-state index is 3.90. The van der Waals surface area contributed by atoms with Crippen LogP contribution < -0.4 is 0 Å². The molecule has 4 atom stereocenters. The third-order valence-electron chi connectivity index (χ3n) is 3.85. The molecule has 0 spiro atoms. The molecule has 4 rings (SSSR count). The van der Waals surface area contributed by atoms with Crippen LogP contribution >= 0.6 is 0 Å². The van der Waals surface area contributed by atoms with Crippen LogP contribution in [0.5, 0.6) is 0 Å². The van der Waals surface area contributed by atoms with Gasteiger partial charge in [0.15, 0.2) is 13.8 Å². The van der Waals surface area contributed by atoms with Crippen molar-refractivity contribution in [2.45, 2.75) is 13.0 Å². The smallest absolute Gasteiger partial charge is 0.161 e. The molecule has 2 heteroatoms. The number of hydrazone groups is 1. The van der Waals surface area contributed by atoms with E-state index in [9.17, 15) is 0 Å². The second kappa shape index (κ2) is 1.03. The molecule has 54 valence electrons. The Bertz CT molecular complexity index is 229. The quantitative estimate of drug-likeness (QED) is 0.369. The van der Waals surface area contributed by atoms with E-state index in [4.69, 9.17) is 0 Å². The Morgan fingerprint density at radius 3 is 2.50 bits per heavy atom. The molecule has 4 aliphatic rings. The summed E-state index contributed by atoms with van der Waals surface area (Å²) < 4.78 is 2.01. The van der Waals surface area contributed by atoms with Crippen molar-refractivity contribution in [3.63, 3.8) is 0 Å². The van der Waals surface area contributed by atoms with Gasteiger partial charge in [0.25, 0.3) is 0 Å². The maximum Gasteiger partial charge on any atom is 0.161 e. The summed E-state index contributed by atoms with van der Waals surface area (Å²) >= 11 is 0. The minimum absolute atomic E-state index is 0.742. The van der Waals surface area contributed by atoms with E-state index in [-0.39, 0.29) is 0 Å². The molecule has 2 saturated carbocycles. The average Bonchev–Trinajstić information content (AvgIpc) is 2.57. The second-order valence-electron chi connectivity index (χ2n) is 4.22. The molecule has 0 radical (unpaired) electrons. The number of rotatable bonds is 1. The van der Waals surface area contributed by atoms with Crippen molar-refractivity contribution in [2.75, 3.05) is 13.6 Å². The molecule has 0 amide bonds. The van der Waals surface area contributed by atoms with Gasteiger partial charge in [0, 0.05) is 5.41 Å². The van der Waals surface area contributed by atoms with E-state index in [1.807, 2.05) is 11.7 Å². The summed E-state index contributed by atoms with van der Waals surface area (Å²) in [5.74, 6) is 2.08. The number of fused-ring (bicyclic) bond motifs is 1. The highest BCUT2D eigenvalue weighted by Crippen LogP contribution is 2.85. The molecule has 2 saturated heterocycles. The molecule has 0 aromatic carbocycles. The van der Waals surface area contributed by atoms with Crippen LogP contribution in [0, 0.1) is 17.3 Å². The summed E-state index contributed by atoms with van der Waals surface area (Å²) in [6.45, 7) is 7.58. The van der Waals surface area contributed by atoms with Crippen LogP contribution in [0.25, 0.3) is 0 Å². The summed E-state index contributed by atoms with van der Waals surface area (Å²) in [4.78, 5) is 0. The van der Waals surface area contributed by atoms with E-state index in [2.05, 4.69) is 18.7 Å². The number of nitrogens with zero attached hydrogens (tertiary/aromatic N) is 2. The number of hydrogen-bond acceptors (Lipinski definition) is 1. The summed E-state index contributed by atoms with van der Waals surface area (Å²) in [5.41, 5.74) is 0.742. The Morgan fingerprint density at radius 2 is 2.30 bits per heavy atom. The Kier molecular flexibility index (Phi) is 0.529. The summed E-state index contributed by atoms with van der Waals surface area (Å²) in [7, 11) is 2.05. The van der Waals surface area contributed by atoms with Gasteiger partial charge in [-0.15, -0.1) is 4.68 Å². The first-order chi connectivity index (χ1) is 4.67. The van der Waals surface area contributed by atoms with Crippen LogP contribution in [0.3, 0.4) is 0 Å². The van der Waals surface area contributed by atoms with Crippen molar-refractivity contribution in [3.8, 4) is 0 Å². The lowest BCUT2D eigenvalue weighted by molar-refractivity contribution is -0.660. The first kappa shape index (κ1) is 5.16. The van der Waals surface area contributed by atoms with Crippen molar-refractivity contribution in [1.82, 2.24) is 5.01 Å². The van der Waals surface area contributed by atoms with Gasteiger partial charge in [0.1, 0.15) is 0 Å². The van der Waals surface area contributed by atoms with Crippen LogP contribution in [0.4, 0.5) is 0 Å². The number of piperidine rings is 1. The van der Waals surface area contributed by atoms with E-state index < -0.39 is 0 Å². The molecule has 2 bridgehead atoms. The van der Waals surface area contributed by atoms with Crippen LogP contribution in [0.1, 0.15) is 6.92 Å². The Labute approximate surface area is 61.1 Å². The van der Waals surface area contributed by atoms with Crippen molar-refractivity contribution in [3.05, 3.63) is 0 Å². The highest BCUT2D eigenvalue weighted by Gasteiger charge is 2.92. The van der Waals surface area contributed by atoms with Crippen molar-refractivity contribution >= 4 is 6.72 Å². The molecule has 0 N–H and O–H groups in total. The van der Waals surface area contributed by atoms with Gasteiger partial charge in [0.05, 0.1) is 12.6 Å². The lowest BCUT2D eigenvalue weighted by atomic mass is 10.1. The Hall–Kier alpha value is -0.530. The monoisotopic (exact) mass is 137 g/mol. The lowest BCUT2D eigenvalue weighted by Gasteiger charge is -2.09. The van der Waals surface area contributed by atoms with Crippen molar-refractivity contribution in [2.24, 2.45) is 17.3 Å². The van der Waals surface area contributed by atoms with Gasteiger partial charge in [-0.25, -0.2) is 0 Å². The molecule has 0 aromatic heterocycles. The molecule has 10 heavy (non-hydrogen) atoms. The summed E-state index contributed by atoms with van der Waals surface area (Å²) in [5, 5.41) is 2.41. The SMILES string of the molecule is C=[N+](C)N1CC2C3C1C23C. The third-order valence-corrected chi connectivity index (χ3v) is 3.85. The molecule has 2 aliphatic heterocycles. The zero-order valence-electron chi connectivity index (χ0n) is 6.54. The molecular weight excluding hydrogens is 124 g/mol. The molecule has 2 aliphatic carbocycles. The lowest BCUT2D eigenvalue weighted by Crippen LogP contribution is -2.30.